The molecule has 0 spiro atoms. The first-order valence-corrected chi connectivity index (χ1v) is 8.98. The molecule has 0 fully saturated rings. The van der Waals surface area contributed by atoms with Gasteiger partial charge in [0, 0.05) is 12.1 Å². The Morgan fingerprint density at radius 3 is 2.46 bits per heavy atom. The summed E-state index contributed by atoms with van der Waals surface area (Å²) in [7, 11) is 3.17. The van der Waals surface area contributed by atoms with Crippen molar-refractivity contribution in [2.75, 3.05) is 26.1 Å². The van der Waals surface area contributed by atoms with Gasteiger partial charge in [0.15, 0.2) is 16.6 Å². The number of amides is 1. The molecule has 136 valence electrons. The van der Waals surface area contributed by atoms with E-state index in [0.717, 1.165) is 21.5 Å². The van der Waals surface area contributed by atoms with Crippen LogP contribution in [0.1, 0.15) is 12.5 Å². The number of methoxy groups -OCH3 is 2. The fourth-order valence-electron chi connectivity index (χ4n) is 2.53. The highest BCUT2D eigenvalue weighted by molar-refractivity contribution is 7.22. The highest BCUT2D eigenvalue weighted by Gasteiger charge is 2.12. The minimum atomic E-state index is -0.118. The predicted octanol–water partition coefficient (Wildman–Crippen LogP) is 3.89. The van der Waals surface area contributed by atoms with Crippen LogP contribution in [-0.2, 0) is 11.2 Å². The zero-order valence-corrected chi connectivity index (χ0v) is 15.7. The Kier molecular flexibility index (Phi) is 5.58. The molecule has 26 heavy (non-hydrogen) atoms. The van der Waals surface area contributed by atoms with E-state index in [1.165, 1.54) is 11.3 Å². The van der Waals surface area contributed by atoms with Gasteiger partial charge in [0.25, 0.3) is 0 Å². The molecule has 6 nitrogen and oxygen atoms in total. The summed E-state index contributed by atoms with van der Waals surface area (Å²) in [6.07, 6.45) is 0.273. The Hall–Kier alpha value is -2.80. The molecule has 2 aromatic carbocycles. The van der Waals surface area contributed by atoms with Crippen LogP contribution in [0.15, 0.2) is 36.4 Å². The summed E-state index contributed by atoms with van der Waals surface area (Å²) in [5.41, 5.74) is 1.67. The highest BCUT2D eigenvalue weighted by Crippen LogP contribution is 2.36. The van der Waals surface area contributed by atoms with Crippen LogP contribution < -0.4 is 19.5 Å². The third-order valence-electron chi connectivity index (χ3n) is 3.74. The van der Waals surface area contributed by atoms with E-state index in [4.69, 9.17) is 14.2 Å². The number of nitrogens with one attached hydrogen (secondary N) is 1. The van der Waals surface area contributed by atoms with Crippen LogP contribution in [0.3, 0.4) is 0 Å². The lowest BCUT2D eigenvalue weighted by atomic mass is 10.1. The van der Waals surface area contributed by atoms with Crippen LogP contribution in [0.2, 0.25) is 0 Å². The smallest absolute Gasteiger partial charge is 0.230 e. The molecule has 7 heteroatoms. The maximum atomic E-state index is 12.3. The SMILES string of the molecule is CCOc1ccc(CC(=O)Nc2nc3cc(OC)c(OC)cc3s2)cc1. The number of anilines is 1. The number of thiazole rings is 1. The fraction of sp³-hybridized carbons (Fsp3) is 0.263. The molecule has 0 bridgehead atoms. The lowest BCUT2D eigenvalue weighted by Gasteiger charge is -2.05. The monoisotopic (exact) mass is 372 g/mol. The summed E-state index contributed by atoms with van der Waals surface area (Å²) in [5, 5.41) is 3.40. The molecule has 0 atom stereocenters. The second-order valence-corrected chi connectivity index (χ2v) is 6.53. The number of nitrogens with zero attached hydrogens (tertiary/aromatic N) is 1. The molecule has 0 aliphatic carbocycles. The first kappa shape index (κ1) is 18.0. The molecule has 0 saturated heterocycles. The van der Waals surface area contributed by atoms with Gasteiger partial charge in [-0.05, 0) is 24.6 Å². The van der Waals surface area contributed by atoms with Gasteiger partial charge in [0.1, 0.15) is 5.75 Å². The van der Waals surface area contributed by atoms with E-state index in [1.807, 2.05) is 37.3 Å². The van der Waals surface area contributed by atoms with Crippen LogP contribution >= 0.6 is 11.3 Å². The van der Waals surface area contributed by atoms with E-state index in [1.54, 1.807) is 20.3 Å². The molecule has 1 heterocycles. The number of hydrogen-bond acceptors (Lipinski definition) is 6. The number of ether oxygens (including phenoxy) is 3. The van der Waals surface area contributed by atoms with Gasteiger partial charge >= 0.3 is 0 Å². The van der Waals surface area contributed by atoms with Crippen molar-refractivity contribution in [3.63, 3.8) is 0 Å². The Morgan fingerprint density at radius 1 is 1.12 bits per heavy atom. The second kappa shape index (κ2) is 8.05. The summed E-state index contributed by atoms with van der Waals surface area (Å²) in [4.78, 5) is 16.7. The third kappa shape index (κ3) is 4.05. The summed E-state index contributed by atoms with van der Waals surface area (Å²) < 4.78 is 16.9. The van der Waals surface area contributed by atoms with Gasteiger partial charge in [0.05, 0.1) is 37.5 Å². The van der Waals surface area contributed by atoms with E-state index in [2.05, 4.69) is 10.3 Å². The standard InChI is InChI=1S/C19H20N2O4S/c1-4-25-13-7-5-12(6-8-13)9-18(22)21-19-20-14-10-15(23-2)16(24-3)11-17(14)26-19/h5-8,10-11H,4,9H2,1-3H3,(H,20,21,22). The largest absolute Gasteiger partial charge is 0.494 e. The van der Waals surface area contributed by atoms with Crippen LogP contribution in [0, 0.1) is 0 Å². The highest BCUT2D eigenvalue weighted by atomic mass is 32.1. The zero-order valence-electron chi connectivity index (χ0n) is 14.9. The third-order valence-corrected chi connectivity index (χ3v) is 4.67. The molecule has 0 aliphatic rings. The Morgan fingerprint density at radius 2 is 1.81 bits per heavy atom. The van der Waals surface area contributed by atoms with Crippen LogP contribution in [-0.4, -0.2) is 31.7 Å². The average molecular weight is 372 g/mol. The van der Waals surface area contributed by atoms with Gasteiger partial charge in [-0.25, -0.2) is 4.98 Å². The van der Waals surface area contributed by atoms with Gasteiger partial charge in [-0.15, -0.1) is 0 Å². The lowest BCUT2D eigenvalue weighted by molar-refractivity contribution is -0.115. The van der Waals surface area contributed by atoms with Gasteiger partial charge in [0.2, 0.25) is 5.91 Å². The summed E-state index contributed by atoms with van der Waals surface area (Å²) >= 11 is 1.40. The number of fused-ring (bicyclic) bond motifs is 1. The van der Waals surface area contributed by atoms with Crippen molar-refractivity contribution in [1.29, 1.82) is 0 Å². The fourth-order valence-corrected chi connectivity index (χ4v) is 3.42. The molecule has 0 saturated carbocycles. The first-order chi connectivity index (χ1) is 12.6. The molecule has 1 aromatic heterocycles. The summed E-state index contributed by atoms with van der Waals surface area (Å²) in [6, 6.07) is 11.2. The first-order valence-electron chi connectivity index (χ1n) is 8.17. The Bertz CT molecular complexity index is 865. The maximum absolute atomic E-state index is 12.3. The molecule has 3 rings (SSSR count). The number of hydrogen-bond donors (Lipinski definition) is 1. The van der Waals surface area contributed by atoms with Crippen molar-refractivity contribution in [3.8, 4) is 17.2 Å². The molecular formula is C19H20N2O4S. The van der Waals surface area contributed by atoms with Crippen molar-refractivity contribution >= 4 is 32.6 Å². The molecule has 1 amide bonds. The minimum absolute atomic E-state index is 0.118. The van der Waals surface area contributed by atoms with Gasteiger partial charge < -0.3 is 19.5 Å². The summed E-state index contributed by atoms with van der Waals surface area (Å²) in [6.45, 7) is 2.55. The summed E-state index contributed by atoms with van der Waals surface area (Å²) in [5.74, 6) is 1.92. The molecule has 0 aliphatic heterocycles. The number of rotatable bonds is 7. The Balaban J connectivity index is 1.70. The van der Waals surface area contributed by atoms with Crippen molar-refractivity contribution in [1.82, 2.24) is 4.98 Å². The molecule has 0 unspecified atom stereocenters. The second-order valence-electron chi connectivity index (χ2n) is 5.50. The van der Waals surface area contributed by atoms with Crippen molar-refractivity contribution in [2.45, 2.75) is 13.3 Å². The number of carbonyl (C=O) groups excluding carboxylic acids is 1. The van der Waals surface area contributed by atoms with E-state index < -0.39 is 0 Å². The average Bonchev–Trinajstić information content (AvgIpc) is 3.03. The van der Waals surface area contributed by atoms with Crippen LogP contribution in [0.5, 0.6) is 17.2 Å². The van der Waals surface area contributed by atoms with Crippen LogP contribution in [0.25, 0.3) is 10.2 Å². The number of benzene rings is 2. The lowest BCUT2D eigenvalue weighted by Crippen LogP contribution is -2.14. The van der Waals surface area contributed by atoms with E-state index in [0.29, 0.717) is 23.2 Å². The Labute approximate surface area is 155 Å². The molecule has 3 aromatic rings. The van der Waals surface area contributed by atoms with Gasteiger partial charge in [-0.3, -0.25) is 4.79 Å². The molecule has 0 radical (unpaired) electrons. The van der Waals surface area contributed by atoms with Crippen LogP contribution in [0.4, 0.5) is 5.13 Å². The topological polar surface area (TPSA) is 69.7 Å². The predicted molar refractivity (Wildman–Crippen MR) is 103 cm³/mol. The van der Waals surface area contributed by atoms with Crippen molar-refractivity contribution in [3.05, 3.63) is 42.0 Å². The van der Waals surface area contributed by atoms with Gasteiger partial charge in [-0.1, -0.05) is 23.5 Å². The molecule has 1 N–H and O–H groups in total. The zero-order chi connectivity index (χ0) is 18.5. The van der Waals surface area contributed by atoms with Crippen molar-refractivity contribution in [2.24, 2.45) is 0 Å². The molecular weight excluding hydrogens is 352 g/mol. The van der Waals surface area contributed by atoms with Gasteiger partial charge in [-0.2, -0.15) is 0 Å². The number of aromatic nitrogens is 1. The van der Waals surface area contributed by atoms with Crippen molar-refractivity contribution < 1.29 is 19.0 Å². The van der Waals surface area contributed by atoms with E-state index in [-0.39, 0.29) is 12.3 Å². The maximum Gasteiger partial charge on any atom is 0.230 e. The quantitative estimate of drug-likeness (QED) is 0.681. The normalized spacial score (nSPS) is 10.6. The minimum Gasteiger partial charge on any atom is -0.494 e. The van der Waals surface area contributed by atoms with E-state index >= 15 is 0 Å². The van der Waals surface area contributed by atoms with E-state index in [9.17, 15) is 4.79 Å². The number of carbonyl (C=O) groups is 1.